The van der Waals surface area contributed by atoms with Gasteiger partial charge in [-0.1, -0.05) is 22.8 Å². The minimum absolute atomic E-state index is 0.0641. The molecule has 0 spiro atoms. The topological polar surface area (TPSA) is 94.3 Å². The molecule has 3 aromatic rings. The Labute approximate surface area is 162 Å². The van der Waals surface area contributed by atoms with E-state index < -0.39 is 24.3 Å². The molecule has 1 N–H and O–H groups in total. The summed E-state index contributed by atoms with van der Waals surface area (Å²) in [6, 6.07) is 4.07. The van der Waals surface area contributed by atoms with E-state index in [-0.39, 0.29) is 27.6 Å². The highest BCUT2D eigenvalue weighted by atomic mass is 35.5. The molecule has 27 heavy (non-hydrogen) atoms. The molecule has 1 aromatic carbocycles. The van der Waals surface area contributed by atoms with Crippen molar-refractivity contribution in [2.75, 3.05) is 11.9 Å². The fourth-order valence-corrected chi connectivity index (χ4v) is 3.23. The third-order valence-electron chi connectivity index (χ3n) is 3.47. The van der Waals surface area contributed by atoms with Gasteiger partial charge in [0.2, 0.25) is 0 Å². The molecule has 0 aliphatic rings. The van der Waals surface area contributed by atoms with E-state index in [0.717, 1.165) is 5.69 Å². The first-order valence-corrected chi connectivity index (χ1v) is 8.92. The number of hydrogen-bond acceptors (Lipinski definition) is 7. The SMILES string of the molecule is Cc1csc(NC(=O)COC(=O)c2c(-c3c(F)cccc3Cl)noc2C)n1. The molecule has 3 rings (SSSR count). The molecule has 2 heterocycles. The zero-order valence-corrected chi connectivity index (χ0v) is 15.8. The van der Waals surface area contributed by atoms with Gasteiger partial charge in [-0.25, -0.2) is 14.2 Å². The maximum atomic E-state index is 14.2. The number of aromatic nitrogens is 2. The second-order valence-corrected chi connectivity index (χ2v) is 6.74. The predicted octanol–water partition coefficient (Wildman–Crippen LogP) is 4.00. The molecule has 0 aliphatic heterocycles. The highest BCUT2D eigenvalue weighted by Gasteiger charge is 2.27. The number of carbonyl (C=O) groups is 2. The summed E-state index contributed by atoms with van der Waals surface area (Å²) in [6.45, 7) is 2.71. The standard InChI is InChI=1S/C17H13ClFN3O4S/c1-8-7-27-17(20-8)21-12(23)6-25-16(24)13-9(2)26-22-15(13)14-10(18)4-3-5-11(14)19/h3-5,7H,6H2,1-2H3,(H,20,21,23). The van der Waals surface area contributed by atoms with Gasteiger partial charge in [0.25, 0.3) is 5.91 Å². The summed E-state index contributed by atoms with van der Waals surface area (Å²) in [7, 11) is 0. The van der Waals surface area contributed by atoms with Gasteiger partial charge in [0, 0.05) is 5.38 Å². The van der Waals surface area contributed by atoms with Crippen molar-refractivity contribution in [3.63, 3.8) is 0 Å². The molecular weight excluding hydrogens is 397 g/mol. The molecule has 0 unspecified atom stereocenters. The van der Waals surface area contributed by atoms with E-state index in [1.165, 1.54) is 36.5 Å². The van der Waals surface area contributed by atoms with Crippen LogP contribution in [0.1, 0.15) is 21.8 Å². The lowest BCUT2D eigenvalue weighted by atomic mass is 10.1. The molecular formula is C17H13ClFN3O4S. The van der Waals surface area contributed by atoms with Crippen molar-refractivity contribution in [3.8, 4) is 11.3 Å². The van der Waals surface area contributed by atoms with Gasteiger partial charge >= 0.3 is 5.97 Å². The van der Waals surface area contributed by atoms with Crippen molar-refractivity contribution in [1.29, 1.82) is 0 Å². The lowest BCUT2D eigenvalue weighted by molar-refractivity contribution is -0.119. The quantitative estimate of drug-likeness (QED) is 0.640. The first-order chi connectivity index (χ1) is 12.9. The minimum Gasteiger partial charge on any atom is -0.452 e. The van der Waals surface area contributed by atoms with Crippen molar-refractivity contribution in [1.82, 2.24) is 10.1 Å². The number of benzene rings is 1. The molecule has 0 atom stereocenters. The number of halogens is 2. The monoisotopic (exact) mass is 409 g/mol. The molecule has 0 aliphatic carbocycles. The Kier molecular flexibility index (Phi) is 5.52. The van der Waals surface area contributed by atoms with Crippen LogP contribution in [0.5, 0.6) is 0 Å². The molecule has 7 nitrogen and oxygen atoms in total. The summed E-state index contributed by atoms with van der Waals surface area (Å²) in [4.78, 5) is 28.4. The second-order valence-electron chi connectivity index (χ2n) is 5.48. The van der Waals surface area contributed by atoms with Crippen LogP contribution in [0.4, 0.5) is 9.52 Å². The number of esters is 1. The first kappa shape index (κ1) is 19.0. The smallest absolute Gasteiger partial charge is 0.344 e. The molecule has 140 valence electrons. The lowest BCUT2D eigenvalue weighted by Gasteiger charge is -2.07. The maximum Gasteiger partial charge on any atom is 0.344 e. The van der Waals surface area contributed by atoms with E-state index in [0.29, 0.717) is 5.13 Å². The zero-order valence-electron chi connectivity index (χ0n) is 14.2. The summed E-state index contributed by atoms with van der Waals surface area (Å²) in [5.41, 5.74) is 0.501. The van der Waals surface area contributed by atoms with Gasteiger partial charge in [-0.2, -0.15) is 0 Å². The highest BCUT2D eigenvalue weighted by molar-refractivity contribution is 7.13. The van der Waals surface area contributed by atoms with Crippen LogP contribution in [0.25, 0.3) is 11.3 Å². The molecule has 1 amide bonds. The predicted molar refractivity (Wildman–Crippen MR) is 97.4 cm³/mol. The number of thiazole rings is 1. The van der Waals surface area contributed by atoms with Crippen LogP contribution in [0.15, 0.2) is 28.1 Å². The Morgan fingerprint density at radius 3 is 2.81 bits per heavy atom. The van der Waals surface area contributed by atoms with E-state index in [9.17, 15) is 14.0 Å². The molecule has 0 radical (unpaired) electrons. The number of nitrogens with zero attached hydrogens (tertiary/aromatic N) is 2. The minimum atomic E-state index is -0.881. The van der Waals surface area contributed by atoms with Crippen LogP contribution in [0.2, 0.25) is 5.02 Å². The average Bonchev–Trinajstić information content (AvgIpc) is 3.18. The lowest BCUT2D eigenvalue weighted by Crippen LogP contribution is -2.21. The number of anilines is 1. The molecule has 10 heteroatoms. The average molecular weight is 410 g/mol. The van der Waals surface area contributed by atoms with Gasteiger partial charge < -0.3 is 9.26 Å². The van der Waals surface area contributed by atoms with E-state index in [4.69, 9.17) is 20.9 Å². The third kappa shape index (κ3) is 4.15. The van der Waals surface area contributed by atoms with Crippen molar-refractivity contribution >= 4 is 39.9 Å². The van der Waals surface area contributed by atoms with Crippen LogP contribution in [0, 0.1) is 19.7 Å². The molecule has 0 fully saturated rings. The zero-order chi connectivity index (χ0) is 19.6. The summed E-state index contributed by atoms with van der Waals surface area (Å²) in [6.07, 6.45) is 0. The van der Waals surface area contributed by atoms with Crippen LogP contribution in [-0.4, -0.2) is 28.6 Å². The van der Waals surface area contributed by atoms with Gasteiger partial charge in [0.15, 0.2) is 11.7 Å². The Hall–Kier alpha value is -2.78. The second kappa shape index (κ2) is 7.85. The number of aryl methyl sites for hydroxylation is 2. The van der Waals surface area contributed by atoms with Gasteiger partial charge in [-0.05, 0) is 26.0 Å². The molecule has 2 aromatic heterocycles. The van der Waals surface area contributed by atoms with E-state index in [1.807, 2.05) is 0 Å². The normalized spacial score (nSPS) is 10.7. The van der Waals surface area contributed by atoms with Crippen molar-refractivity contribution in [2.24, 2.45) is 0 Å². The van der Waals surface area contributed by atoms with Crippen LogP contribution < -0.4 is 5.32 Å². The van der Waals surface area contributed by atoms with Crippen molar-refractivity contribution in [3.05, 3.63) is 51.4 Å². The fraction of sp³-hybridized carbons (Fsp3) is 0.176. The summed E-state index contributed by atoms with van der Waals surface area (Å²) in [5, 5.41) is 8.46. The molecule has 0 bridgehead atoms. The first-order valence-electron chi connectivity index (χ1n) is 7.66. The number of ether oxygens (including phenoxy) is 1. The Morgan fingerprint density at radius 2 is 2.15 bits per heavy atom. The molecule has 0 saturated heterocycles. The number of amides is 1. The molecule has 0 saturated carbocycles. The van der Waals surface area contributed by atoms with Crippen LogP contribution in [-0.2, 0) is 9.53 Å². The van der Waals surface area contributed by atoms with E-state index >= 15 is 0 Å². The van der Waals surface area contributed by atoms with Crippen LogP contribution in [0.3, 0.4) is 0 Å². The largest absolute Gasteiger partial charge is 0.452 e. The third-order valence-corrected chi connectivity index (χ3v) is 4.66. The number of nitrogens with one attached hydrogen (secondary N) is 1. The maximum absolute atomic E-state index is 14.2. The number of hydrogen-bond donors (Lipinski definition) is 1. The summed E-state index contributed by atoms with van der Waals surface area (Å²) in [5.74, 6) is -1.99. The van der Waals surface area contributed by atoms with Crippen molar-refractivity contribution in [2.45, 2.75) is 13.8 Å². The van der Waals surface area contributed by atoms with E-state index in [1.54, 1.807) is 12.3 Å². The van der Waals surface area contributed by atoms with Gasteiger partial charge in [-0.15, -0.1) is 11.3 Å². The number of rotatable bonds is 5. The fourth-order valence-electron chi connectivity index (χ4n) is 2.28. The Bertz CT molecular complexity index is 997. The van der Waals surface area contributed by atoms with Crippen molar-refractivity contribution < 1.29 is 23.2 Å². The van der Waals surface area contributed by atoms with Gasteiger partial charge in [-0.3, -0.25) is 10.1 Å². The number of carbonyl (C=O) groups excluding carboxylic acids is 2. The summed E-state index contributed by atoms with van der Waals surface area (Å²) < 4.78 is 24.2. The van der Waals surface area contributed by atoms with E-state index in [2.05, 4.69) is 15.5 Å². The van der Waals surface area contributed by atoms with Gasteiger partial charge in [0.05, 0.1) is 16.3 Å². The highest BCUT2D eigenvalue weighted by Crippen LogP contribution is 2.33. The van der Waals surface area contributed by atoms with Gasteiger partial charge in [0.1, 0.15) is 22.8 Å². The summed E-state index contributed by atoms with van der Waals surface area (Å²) >= 11 is 7.28. The Balaban J connectivity index is 1.76. The van der Waals surface area contributed by atoms with Crippen LogP contribution >= 0.6 is 22.9 Å². The Morgan fingerprint density at radius 1 is 1.37 bits per heavy atom.